The van der Waals surface area contributed by atoms with Gasteiger partial charge in [0.2, 0.25) is 10.0 Å². The predicted octanol–water partition coefficient (Wildman–Crippen LogP) is 2.81. The highest BCUT2D eigenvalue weighted by Gasteiger charge is 2.33. The van der Waals surface area contributed by atoms with Gasteiger partial charge in [0.25, 0.3) is 0 Å². The average Bonchev–Trinajstić information content (AvgIpc) is 3.42. The molecule has 2 fully saturated rings. The molecule has 1 N–H and O–H groups in total. The number of halogens is 2. The molecular weight excluding hydrogens is 385 g/mol. The number of piperazine rings is 1. The maximum absolute atomic E-state index is 12.8. The molecule has 1 saturated carbocycles. The van der Waals surface area contributed by atoms with Crippen molar-refractivity contribution in [1.29, 1.82) is 0 Å². The van der Waals surface area contributed by atoms with Gasteiger partial charge in [0.15, 0.2) is 0 Å². The van der Waals surface area contributed by atoms with Crippen LogP contribution in [-0.2, 0) is 10.0 Å². The van der Waals surface area contributed by atoms with Gasteiger partial charge in [0, 0.05) is 37.2 Å². The Labute approximate surface area is 158 Å². The largest absolute Gasteiger partial charge is 0.335 e. The van der Waals surface area contributed by atoms with Crippen LogP contribution in [0.2, 0.25) is 10.0 Å². The third-order valence-electron chi connectivity index (χ3n) is 4.72. The summed E-state index contributed by atoms with van der Waals surface area (Å²) in [5.41, 5.74) is 0. The normalized spacial score (nSPS) is 20.4. The molecule has 0 radical (unpaired) electrons. The molecule has 6 nitrogen and oxygen atoms in total. The second kappa shape index (κ2) is 7.31. The van der Waals surface area contributed by atoms with Crippen LogP contribution in [0.5, 0.6) is 0 Å². The highest BCUT2D eigenvalue weighted by molar-refractivity contribution is 7.89. The third-order valence-corrected chi connectivity index (χ3v) is 7.33. The van der Waals surface area contributed by atoms with Crippen LogP contribution in [0.15, 0.2) is 23.1 Å². The first-order chi connectivity index (χ1) is 11.8. The van der Waals surface area contributed by atoms with Gasteiger partial charge in [0.05, 0.1) is 5.02 Å². The van der Waals surface area contributed by atoms with Gasteiger partial charge in [-0.2, -0.15) is 4.31 Å². The Bertz CT molecular complexity index is 760. The minimum Gasteiger partial charge on any atom is -0.335 e. The van der Waals surface area contributed by atoms with E-state index in [1.165, 1.54) is 16.4 Å². The number of amides is 2. The Hall–Kier alpha value is -1.02. The number of benzene rings is 1. The topological polar surface area (TPSA) is 69.7 Å². The van der Waals surface area contributed by atoms with Crippen LogP contribution in [-0.4, -0.2) is 55.9 Å². The lowest BCUT2D eigenvalue weighted by Gasteiger charge is -2.34. The first-order valence-corrected chi connectivity index (χ1v) is 10.5. The molecule has 1 saturated heterocycles. The van der Waals surface area contributed by atoms with Gasteiger partial charge in [-0.3, -0.25) is 0 Å². The minimum atomic E-state index is -3.73. The minimum absolute atomic E-state index is 0.00178. The molecule has 3 rings (SSSR count). The lowest BCUT2D eigenvalue weighted by atomic mass is 10.2. The lowest BCUT2D eigenvalue weighted by molar-refractivity contribution is 0.168. The molecule has 1 aromatic carbocycles. The molecule has 1 aromatic rings. The van der Waals surface area contributed by atoms with Crippen molar-refractivity contribution in [1.82, 2.24) is 14.5 Å². The number of nitrogens with zero attached hydrogens (tertiary/aromatic N) is 2. The maximum atomic E-state index is 12.8. The van der Waals surface area contributed by atoms with Crippen molar-refractivity contribution in [3.63, 3.8) is 0 Å². The summed E-state index contributed by atoms with van der Waals surface area (Å²) in [6.45, 7) is 3.17. The zero-order valence-electron chi connectivity index (χ0n) is 13.9. The lowest BCUT2D eigenvalue weighted by Crippen LogP contribution is -2.54. The van der Waals surface area contributed by atoms with Crippen molar-refractivity contribution in [2.45, 2.75) is 30.7 Å². The Morgan fingerprint density at radius 2 is 1.84 bits per heavy atom. The summed E-state index contributed by atoms with van der Waals surface area (Å²) in [5, 5.41) is 3.45. The van der Waals surface area contributed by atoms with Crippen molar-refractivity contribution < 1.29 is 13.2 Å². The van der Waals surface area contributed by atoms with E-state index in [1.807, 2.05) is 6.92 Å². The van der Waals surface area contributed by atoms with Crippen molar-refractivity contribution in [2.75, 3.05) is 26.2 Å². The molecular formula is C16H21Cl2N3O3S. The van der Waals surface area contributed by atoms with E-state index in [9.17, 15) is 13.2 Å². The van der Waals surface area contributed by atoms with E-state index < -0.39 is 10.0 Å². The van der Waals surface area contributed by atoms with Crippen LogP contribution in [0.4, 0.5) is 4.79 Å². The molecule has 138 valence electrons. The molecule has 1 aliphatic heterocycles. The second-order valence-corrected chi connectivity index (χ2v) is 9.29. The summed E-state index contributed by atoms with van der Waals surface area (Å²) >= 11 is 11.9. The van der Waals surface area contributed by atoms with E-state index in [2.05, 4.69) is 5.32 Å². The first-order valence-electron chi connectivity index (χ1n) is 8.29. The number of nitrogens with one attached hydrogen (secondary N) is 1. The fourth-order valence-corrected chi connectivity index (χ4v) is 5.11. The van der Waals surface area contributed by atoms with Gasteiger partial charge in [-0.05, 0) is 43.9 Å². The van der Waals surface area contributed by atoms with Crippen molar-refractivity contribution in [2.24, 2.45) is 5.92 Å². The number of carbonyl (C=O) groups is 1. The summed E-state index contributed by atoms with van der Waals surface area (Å²) in [4.78, 5) is 13.9. The van der Waals surface area contributed by atoms with E-state index in [0.717, 1.165) is 12.8 Å². The molecule has 0 spiro atoms. The Morgan fingerprint density at radius 1 is 1.20 bits per heavy atom. The fourth-order valence-electron chi connectivity index (χ4n) is 2.95. The summed E-state index contributed by atoms with van der Waals surface area (Å²) in [6, 6.07) is 4.42. The summed E-state index contributed by atoms with van der Waals surface area (Å²) < 4.78 is 26.9. The van der Waals surface area contributed by atoms with Gasteiger partial charge in [-0.15, -0.1) is 0 Å². The first kappa shape index (κ1) is 18.8. The predicted molar refractivity (Wildman–Crippen MR) is 97.5 cm³/mol. The number of rotatable bonds is 4. The number of sulfonamides is 1. The Morgan fingerprint density at radius 3 is 2.44 bits per heavy atom. The third kappa shape index (κ3) is 4.22. The SMILES string of the molecule is CC(NC(=O)N1CCN(S(=O)(=O)c2cc(Cl)ccc2Cl)CC1)C1CC1. The number of urea groups is 1. The number of hydrogen-bond donors (Lipinski definition) is 1. The molecule has 0 bridgehead atoms. The molecule has 1 heterocycles. The van der Waals surface area contributed by atoms with Crippen molar-refractivity contribution in [3.8, 4) is 0 Å². The highest BCUT2D eigenvalue weighted by Crippen LogP contribution is 2.32. The van der Waals surface area contributed by atoms with Crippen LogP contribution >= 0.6 is 23.2 Å². The molecule has 2 aliphatic rings. The van der Waals surface area contributed by atoms with Crippen LogP contribution in [0, 0.1) is 5.92 Å². The molecule has 9 heteroatoms. The van der Waals surface area contributed by atoms with E-state index in [4.69, 9.17) is 23.2 Å². The molecule has 1 atom stereocenters. The van der Waals surface area contributed by atoms with E-state index >= 15 is 0 Å². The second-order valence-electron chi connectivity index (χ2n) is 6.54. The zero-order valence-corrected chi connectivity index (χ0v) is 16.2. The van der Waals surface area contributed by atoms with Gasteiger partial charge < -0.3 is 10.2 Å². The molecule has 25 heavy (non-hydrogen) atoms. The quantitative estimate of drug-likeness (QED) is 0.836. The Balaban J connectivity index is 1.63. The molecule has 0 aromatic heterocycles. The zero-order chi connectivity index (χ0) is 18.2. The summed E-state index contributed by atoms with van der Waals surface area (Å²) in [7, 11) is -3.73. The van der Waals surface area contributed by atoms with Crippen LogP contribution < -0.4 is 5.32 Å². The van der Waals surface area contributed by atoms with Gasteiger partial charge in [-0.25, -0.2) is 13.2 Å². The summed E-state index contributed by atoms with van der Waals surface area (Å²) in [6.07, 6.45) is 2.32. The smallest absolute Gasteiger partial charge is 0.317 e. The van der Waals surface area contributed by atoms with E-state index in [0.29, 0.717) is 24.0 Å². The van der Waals surface area contributed by atoms with Gasteiger partial charge in [-0.1, -0.05) is 23.2 Å². The number of hydrogen-bond acceptors (Lipinski definition) is 3. The van der Waals surface area contributed by atoms with Crippen molar-refractivity contribution >= 4 is 39.3 Å². The fraction of sp³-hybridized carbons (Fsp3) is 0.562. The molecule has 1 unspecified atom stereocenters. The van der Waals surface area contributed by atoms with E-state index in [1.54, 1.807) is 11.0 Å². The van der Waals surface area contributed by atoms with Gasteiger partial charge >= 0.3 is 6.03 Å². The van der Waals surface area contributed by atoms with Gasteiger partial charge in [0.1, 0.15) is 4.90 Å². The van der Waals surface area contributed by atoms with Crippen LogP contribution in [0.25, 0.3) is 0 Å². The standard InChI is InChI=1S/C16H21Cl2N3O3S/c1-11(12-2-3-12)19-16(22)20-6-8-21(9-7-20)25(23,24)15-10-13(17)4-5-14(15)18/h4-5,10-12H,2-3,6-9H2,1H3,(H,19,22). The van der Waals surface area contributed by atoms with Crippen LogP contribution in [0.3, 0.4) is 0 Å². The average molecular weight is 406 g/mol. The summed E-state index contributed by atoms with van der Waals surface area (Å²) in [5.74, 6) is 0.579. The monoisotopic (exact) mass is 405 g/mol. The highest BCUT2D eigenvalue weighted by atomic mass is 35.5. The van der Waals surface area contributed by atoms with Crippen molar-refractivity contribution in [3.05, 3.63) is 28.2 Å². The molecule has 1 aliphatic carbocycles. The van der Waals surface area contributed by atoms with E-state index in [-0.39, 0.29) is 35.1 Å². The van der Waals surface area contributed by atoms with Crippen LogP contribution in [0.1, 0.15) is 19.8 Å². The maximum Gasteiger partial charge on any atom is 0.317 e. The molecule has 2 amide bonds. The number of carbonyl (C=O) groups excluding carboxylic acids is 1. The Kier molecular flexibility index (Phi) is 5.48.